The maximum absolute atomic E-state index is 12.6. The van der Waals surface area contributed by atoms with Crippen LogP contribution in [0.15, 0.2) is 36.7 Å². The predicted octanol–water partition coefficient (Wildman–Crippen LogP) is 3.72. The molecule has 10 heteroatoms. The molecular weight excluding hydrogens is 400 g/mol. The van der Waals surface area contributed by atoms with E-state index < -0.39 is 10.5 Å². The van der Waals surface area contributed by atoms with Crippen molar-refractivity contribution in [2.75, 3.05) is 23.3 Å². The van der Waals surface area contributed by atoms with Gasteiger partial charge in [-0.2, -0.15) is 0 Å². The van der Waals surface area contributed by atoms with Gasteiger partial charge in [0.2, 0.25) is 5.82 Å². The molecule has 3 aliphatic rings. The van der Waals surface area contributed by atoms with Crippen LogP contribution in [0.25, 0.3) is 0 Å². The van der Waals surface area contributed by atoms with Gasteiger partial charge in [-0.3, -0.25) is 15.1 Å². The van der Waals surface area contributed by atoms with Gasteiger partial charge in [-0.25, -0.2) is 9.78 Å². The van der Waals surface area contributed by atoms with E-state index in [0.29, 0.717) is 24.6 Å². The van der Waals surface area contributed by atoms with Gasteiger partial charge in [0, 0.05) is 43.3 Å². The molecule has 1 amide bonds. The molecule has 3 aliphatic heterocycles. The summed E-state index contributed by atoms with van der Waals surface area (Å²) in [6.07, 6.45) is 4.74. The first-order chi connectivity index (χ1) is 14.7. The maximum atomic E-state index is 12.6. The van der Waals surface area contributed by atoms with E-state index in [2.05, 4.69) is 20.2 Å². The second kappa shape index (κ2) is 8.01. The van der Waals surface area contributed by atoms with Gasteiger partial charge in [-0.1, -0.05) is 0 Å². The number of piperidine rings is 2. The molecule has 0 spiro atoms. The van der Waals surface area contributed by atoms with Crippen molar-refractivity contribution >= 4 is 29.1 Å². The Hall–Kier alpha value is -3.43. The van der Waals surface area contributed by atoms with Crippen LogP contribution in [0.4, 0.5) is 27.8 Å². The van der Waals surface area contributed by atoms with Crippen LogP contribution in [0.2, 0.25) is 0 Å². The van der Waals surface area contributed by atoms with Crippen molar-refractivity contribution < 1.29 is 14.5 Å². The van der Waals surface area contributed by atoms with E-state index in [9.17, 15) is 14.9 Å². The van der Waals surface area contributed by atoms with Crippen molar-refractivity contribution in [3.05, 3.63) is 46.8 Å². The molecule has 10 nitrogen and oxygen atoms in total. The van der Waals surface area contributed by atoms with Crippen molar-refractivity contribution in [1.29, 1.82) is 0 Å². The maximum Gasteiger partial charge on any atom is 0.410 e. The minimum atomic E-state index is -0.541. The van der Waals surface area contributed by atoms with Gasteiger partial charge in [-0.05, 0) is 51.8 Å². The number of aromatic nitrogens is 2. The summed E-state index contributed by atoms with van der Waals surface area (Å²) in [5, 5.41) is 14.5. The van der Waals surface area contributed by atoms with Crippen molar-refractivity contribution in [3.8, 4) is 0 Å². The Labute approximate surface area is 180 Å². The molecule has 1 N–H and O–H groups in total. The van der Waals surface area contributed by atoms with E-state index in [1.807, 2.05) is 20.8 Å². The third-order valence-electron chi connectivity index (χ3n) is 5.45. The predicted molar refractivity (Wildman–Crippen MR) is 116 cm³/mol. The third kappa shape index (κ3) is 4.52. The van der Waals surface area contributed by atoms with Crippen molar-refractivity contribution in [2.24, 2.45) is 0 Å². The van der Waals surface area contributed by atoms with Crippen molar-refractivity contribution in [2.45, 2.75) is 51.3 Å². The highest BCUT2D eigenvalue weighted by atomic mass is 16.6. The Morgan fingerprint density at radius 2 is 1.87 bits per heavy atom. The van der Waals surface area contributed by atoms with E-state index in [1.165, 1.54) is 6.07 Å². The number of hydrogen-bond acceptors (Lipinski definition) is 8. The summed E-state index contributed by atoms with van der Waals surface area (Å²) in [6, 6.07) is 6.70. The van der Waals surface area contributed by atoms with Gasteiger partial charge in [0.1, 0.15) is 11.4 Å². The van der Waals surface area contributed by atoms with Crippen LogP contribution in [0.3, 0.4) is 0 Å². The molecule has 0 aromatic carbocycles. The number of nitrogens with zero attached hydrogens (tertiary/aromatic N) is 5. The van der Waals surface area contributed by atoms with Gasteiger partial charge in [-0.15, -0.1) is 0 Å². The molecule has 0 saturated carbocycles. The lowest BCUT2D eigenvalue weighted by molar-refractivity contribution is -0.384. The number of carbonyl (C=O) groups is 1. The van der Waals surface area contributed by atoms with Gasteiger partial charge in [0.05, 0.1) is 11.0 Å². The Kier molecular flexibility index (Phi) is 5.38. The first kappa shape index (κ1) is 20.8. The average molecular weight is 426 g/mol. The number of nitrogens with one attached hydrogen (secondary N) is 1. The highest BCUT2D eigenvalue weighted by Crippen LogP contribution is 2.35. The molecule has 2 atom stereocenters. The van der Waals surface area contributed by atoms with Crippen molar-refractivity contribution in [3.63, 3.8) is 0 Å². The molecule has 0 radical (unpaired) electrons. The largest absolute Gasteiger partial charge is 0.444 e. The lowest BCUT2D eigenvalue weighted by Gasteiger charge is -2.51. The van der Waals surface area contributed by atoms with Crippen LogP contribution in [0, 0.1) is 10.1 Å². The molecule has 2 bridgehead atoms. The molecule has 31 heavy (non-hydrogen) atoms. The number of anilines is 3. The third-order valence-corrected chi connectivity index (χ3v) is 5.45. The summed E-state index contributed by atoms with van der Waals surface area (Å²) >= 11 is 0. The molecule has 2 aromatic rings. The number of rotatable bonds is 4. The summed E-state index contributed by atoms with van der Waals surface area (Å²) in [5.41, 5.74) is 0.0260. The van der Waals surface area contributed by atoms with Crippen LogP contribution in [0.1, 0.15) is 33.6 Å². The van der Waals surface area contributed by atoms with E-state index >= 15 is 0 Å². The molecular formula is C21H26N6O4. The van der Waals surface area contributed by atoms with Crippen LogP contribution in [0.5, 0.6) is 0 Å². The Balaban J connectivity index is 1.56. The fourth-order valence-electron chi connectivity index (χ4n) is 4.07. The van der Waals surface area contributed by atoms with Crippen LogP contribution in [-0.2, 0) is 4.74 Å². The second-order valence-corrected chi connectivity index (χ2v) is 8.83. The normalized spacial score (nSPS) is 20.5. The number of amides is 1. The number of nitro groups is 1. The molecule has 2 aromatic heterocycles. The van der Waals surface area contributed by atoms with Gasteiger partial charge in [0.15, 0.2) is 0 Å². The van der Waals surface area contributed by atoms with E-state index in [4.69, 9.17) is 4.74 Å². The lowest BCUT2D eigenvalue weighted by atomic mass is 9.91. The van der Waals surface area contributed by atoms with E-state index in [-0.39, 0.29) is 29.7 Å². The second-order valence-electron chi connectivity index (χ2n) is 8.83. The minimum Gasteiger partial charge on any atom is -0.444 e. The summed E-state index contributed by atoms with van der Waals surface area (Å²) < 4.78 is 5.56. The van der Waals surface area contributed by atoms with E-state index in [0.717, 1.165) is 12.8 Å². The molecule has 164 valence electrons. The molecule has 5 rings (SSSR count). The minimum absolute atomic E-state index is 0.0217. The molecule has 0 aliphatic carbocycles. The number of hydrogen-bond donors (Lipinski definition) is 1. The molecule has 2 unspecified atom stereocenters. The summed E-state index contributed by atoms with van der Waals surface area (Å²) in [6.45, 7) is 6.74. The smallest absolute Gasteiger partial charge is 0.410 e. The van der Waals surface area contributed by atoms with Gasteiger partial charge >= 0.3 is 11.8 Å². The topological polar surface area (TPSA) is 114 Å². The Morgan fingerprint density at radius 1 is 1.16 bits per heavy atom. The Morgan fingerprint density at radius 3 is 2.48 bits per heavy atom. The quantitative estimate of drug-likeness (QED) is 0.581. The van der Waals surface area contributed by atoms with Gasteiger partial charge < -0.3 is 19.9 Å². The van der Waals surface area contributed by atoms with Crippen LogP contribution >= 0.6 is 0 Å². The van der Waals surface area contributed by atoms with Crippen LogP contribution in [-0.4, -0.2) is 56.7 Å². The molecule has 5 heterocycles. The summed E-state index contributed by atoms with van der Waals surface area (Å²) in [5.74, 6) is 0.833. The summed E-state index contributed by atoms with van der Waals surface area (Å²) in [7, 11) is 0. The standard InChI is InChI=1S/C21H26N6O4/c1-21(2,3)31-20(28)26-13-15-4-5-16(26)12-25(15)18-7-6-17(27(29)30)19(24-18)23-14-8-10-22-11-9-14/h6-11,15-16H,4-5,12-13H2,1-3H3,(H,22,23,24). The fourth-order valence-corrected chi connectivity index (χ4v) is 4.07. The zero-order valence-corrected chi connectivity index (χ0v) is 17.8. The molecule has 3 saturated heterocycles. The Bertz CT molecular complexity index is 978. The van der Waals surface area contributed by atoms with E-state index in [1.54, 1.807) is 35.5 Å². The first-order valence-electron chi connectivity index (χ1n) is 10.3. The number of piperazine rings is 1. The number of carbonyl (C=O) groups excluding carboxylic acids is 1. The number of pyridine rings is 2. The SMILES string of the molecule is CC(C)(C)OC(=O)N1CC2CCC1CN2c1ccc([N+](=O)[O-])c(Nc2ccncc2)n1. The number of fused-ring (bicyclic) bond motifs is 3. The lowest BCUT2D eigenvalue weighted by Crippen LogP contribution is -2.64. The highest BCUT2D eigenvalue weighted by Gasteiger charge is 2.43. The highest BCUT2D eigenvalue weighted by molar-refractivity contribution is 5.70. The van der Waals surface area contributed by atoms with Crippen LogP contribution < -0.4 is 10.2 Å². The van der Waals surface area contributed by atoms with Crippen molar-refractivity contribution in [1.82, 2.24) is 14.9 Å². The molecule has 3 fully saturated rings. The fraction of sp³-hybridized carbons (Fsp3) is 0.476. The average Bonchev–Trinajstić information content (AvgIpc) is 2.73. The number of ether oxygens (including phenoxy) is 1. The monoisotopic (exact) mass is 426 g/mol. The summed E-state index contributed by atoms with van der Waals surface area (Å²) in [4.78, 5) is 36.1. The first-order valence-corrected chi connectivity index (χ1v) is 10.3. The zero-order valence-electron chi connectivity index (χ0n) is 17.8. The zero-order chi connectivity index (χ0) is 22.2. The van der Waals surface area contributed by atoms with Gasteiger partial charge in [0.25, 0.3) is 0 Å².